The number of benzene rings is 1. The molecule has 0 radical (unpaired) electrons. The summed E-state index contributed by atoms with van der Waals surface area (Å²) >= 11 is 0. The minimum atomic E-state index is -0.253. The van der Waals surface area contributed by atoms with E-state index in [1.54, 1.807) is 4.90 Å². The van der Waals surface area contributed by atoms with Crippen molar-refractivity contribution in [1.29, 1.82) is 0 Å². The number of hydrogen-bond acceptors (Lipinski definition) is 2. The SMILES string of the molecule is CN(C)c1cc(C2(N)CCCCC2)ccc1F. The number of hydrogen-bond donors (Lipinski definition) is 1. The number of nitrogens with two attached hydrogens (primary N) is 1. The zero-order chi connectivity index (χ0) is 12.5. The van der Waals surface area contributed by atoms with E-state index in [0.717, 1.165) is 18.4 Å². The number of nitrogens with zero attached hydrogens (tertiary/aromatic N) is 1. The van der Waals surface area contributed by atoms with Crippen molar-refractivity contribution >= 4 is 5.69 Å². The first kappa shape index (κ1) is 12.4. The summed E-state index contributed by atoms with van der Waals surface area (Å²) in [7, 11) is 3.71. The van der Waals surface area contributed by atoms with Gasteiger partial charge in [-0.15, -0.1) is 0 Å². The third-order valence-corrected chi connectivity index (χ3v) is 3.75. The third-order valence-electron chi connectivity index (χ3n) is 3.75. The van der Waals surface area contributed by atoms with Gasteiger partial charge in [0.25, 0.3) is 0 Å². The minimum absolute atomic E-state index is 0.182. The standard InChI is InChI=1S/C14H21FN2/c1-17(2)13-10-11(6-7-12(13)15)14(16)8-4-3-5-9-14/h6-7,10H,3-5,8-9,16H2,1-2H3. The highest BCUT2D eigenvalue weighted by Gasteiger charge is 2.29. The van der Waals surface area contributed by atoms with Gasteiger partial charge in [0.2, 0.25) is 0 Å². The maximum absolute atomic E-state index is 13.6. The molecule has 0 spiro atoms. The van der Waals surface area contributed by atoms with Crippen LogP contribution < -0.4 is 10.6 Å². The number of rotatable bonds is 2. The molecule has 2 rings (SSSR count). The first-order chi connectivity index (χ1) is 8.03. The zero-order valence-corrected chi connectivity index (χ0v) is 10.7. The van der Waals surface area contributed by atoms with E-state index in [1.807, 2.05) is 26.2 Å². The van der Waals surface area contributed by atoms with Gasteiger partial charge in [-0.1, -0.05) is 25.3 Å². The number of anilines is 1. The van der Waals surface area contributed by atoms with Gasteiger partial charge in [-0.05, 0) is 30.5 Å². The van der Waals surface area contributed by atoms with Gasteiger partial charge in [-0.25, -0.2) is 4.39 Å². The second kappa shape index (κ2) is 4.65. The van der Waals surface area contributed by atoms with Crippen molar-refractivity contribution in [3.8, 4) is 0 Å². The summed E-state index contributed by atoms with van der Waals surface area (Å²) in [5.74, 6) is -0.182. The molecule has 1 aromatic rings. The molecule has 17 heavy (non-hydrogen) atoms. The Balaban J connectivity index is 2.35. The molecule has 0 bridgehead atoms. The van der Waals surface area contributed by atoms with Gasteiger partial charge < -0.3 is 10.6 Å². The molecular formula is C14H21FN2. The highest BCUT2D eigenvalue weighted by atomic mass is 19.1. The second-order valence-corrected chi connectivity index (χ2v) is 5.28. The van der Waals surface area contributed by atoms with Gasteiger partial charge in [0.1, 0.15) is 5.82 Å². The molecule has 1 fully saturated rings. The Morgan fingerprint density at radius 1 is 1.18 bits per heavy atom. The molecule has 2 N–H and O–H groups in total. The predicted molar refractivity (Wildman–Crippen MR) is 69.7 cm³/mol. The highest BCUT2D eigenvalue weighted by Crippen LogP contribution is 2.36. The molecular weight excluding hydrogens is 215 g/mol. The summed E-state index contributed by atoms with van der Waals surface area (Å²) in [6, 6.07) is 5.28. The molecule has 0 aromatic heterocycles. The molecule has 0 unspecified atom stereocenters. The third kappa shape index (κ3) is 2.44. The molecule has 94 valence electrons. The Morgan fingerprint density at radius 3 is 2.41 bits per heavy atom. The van der Waals surface area contributed by atoms with Crippen LogP contribution >= 0.6 is 0 Å². The van der Waals surface area contributed by atoms with Gasteiger partial charge in [0.05, 0.1) is 5.69 Å². The fourth-order valence-electron chi connectivity index (χ4n) is 2.64. The number of halogens is 1. The summed E-state index contributed by atoms with van der Waals surface area (Å²) in [5, 5.41) is 0. The van der Waals surface area contributed by atoms with E-state index < -0.39 is 0 Å². The van der Waals surface area contributed by atoms with Crippen molar-refractivity contribution in [2.45, 2.75) is 37.6 Å². The van der Waals surface area contributed by atoms with Crippen molar-refractivity contribution in [2.24, 2.45) is 5.73 Å². The fourth-order valence-corrected chi connectivity index (χ4v) is 2.64. The second-order valence-electron chi connectivity index (χ2n) is 5.28. The maximum atomic E-state index is 13.6. The van der Waals surface area contributed by atoms with E-state index in [0.29, 0.717) is 5.69 Å². The van der Waals surface area contributed by atoms with Gasteiger partial charge >= 0.3 is 0 Å². The van der Waals surface area contributed by atoms with Crippen molar-refractivity contribution in [2.75, 3.05) is 19.0 Å². The lowest BCUT2D eigenvalue weighted by atomic mass is 9.77. The van der Waals surface area contributed by atoms with E-state index in [2.05, 4.69) is 0 Å². The van der Waals surface area contributed by atoms with Gasteiger partial charge in [-0.2, -0.15) is 0 Å². The maximum Gasteiger partial charge on any atom is 0.146 e. The zero-order valence-electron chi connectivity index (χ0n) is 10.7. The lowest BCUT2D eigenvalue weighted by Crippen LogP contribution is -2.38. The molecule has 1 saturated carbocycles. The molecule has 0 atom stereocenters. The highest BCUT2D eigenvalue weighted by molar-refractivity contribution is 5.50. The quantitative estimate of drug-likeness (QED) is 0.855. The van der Waals surface area contributed by atoms with Crippen LogP contribution in [-0.2, 0) is 5.54 Å². The molecule has 0 saturated heterocycles. The molecule has 0 amide bonds. The molecule has 1 aliphatic carbocycles. The fraction of sp³-hybridized carbons (Fsp3) is 0.571. The Labute approximate surface area is 103 Å². The molecule has 1 aliphatic rings. The van der Waals surface area contributed by atoms with Crippen LogP contribution in [0.15, 0.2) is 18.2 Å². The first-order valence-electron chi connectivity index (χ1n) is 6.29. The molecule has 0 aliphatic heterocycles. The summed E-state index contributed by atoms with van der Waals surface area (Å²) < 4.78 is 13.6. The van der Waals surface area contributed by atoms with Crippen LogP contribution in [0.2, 0.25) is 0 Å². The van der Waals surface area contributed by atoms with E-state index in [1.165, 1.54) is 25.3 Å². The smallest absolute Gasteiger partial charge is 0.146 e. The Kier molecular flexibility index (Phi) is 3.38. The largest absolute Gasteiger partial charge is 0.375 e. The Hall–Kier alpha value is -1.09. The van der Waals surface area contributed by atoms with E-state index >= 15 is 0 Å². The van der Waals surface area contributed by atoms with Crippen LogP contribution in [0.25, 0.3) is 0 Å². The first-order valence-corrected chi connectivity index (χ1v) is 6.29. The van der Waals surface area contributed by atoms with Crippen LogP contribution in [-0.4, -0.2) is 14.1 Å². The summed E-state index contributed by atoms with van der Waals surface area (Å²) in [5.41, 5.74) is 7.90. The molecule has 2 nitrogen and oxygen atoms in total. The molecule has 0 heterocycles. The van der Waals surface area contributed by atoms with Crippen LogP contribution in [0.5, 0.6) is 0 Å². The van der Waals surface area contributed by atoms with Crippen LogP contribution in [0, 0.1) is 5.82 Å². The van der Waals surface area contributed by atoms with E-state index in [-0.39, 0.29) is 11.4 Å². The van der Waals surface area contributed by atoms with Crippen LogP contribution in [0.1, 0.15) is 37.7 Å². The molecule has 3 heteroatoms. The van der Waals surface area contributed by atoms with Crippen molar-refractivity contribution in [3.05, 3.63) is 29.6 Å². The van der Waals surface area contributed by atoms with Crippen molar-refractivity contribution < 1.29 is 4.39 Å². The Morgan fingerprint density at radius 2 is 1.82 bits per heavy atom. The minimum Gasteiger partial charge on any atom is -0.375 e. The van der Waals surface area contributed by atoms with Crippen LogP contribution in [0.4, 0.5) is 10.1 Å². The van der Waals surface area contributed by atoms with Crippen LogP contribution in [0.3, 0.4) is 0 Å². The lowest BCUT2D eigenvalue weighted by molar-refractivity contribution is 0.302. The lowest BCUT2D eigenvalue weighted by Gasteiger charge is -2.34. The van der Waals surface area contributed by atoms with Crippen molar-refractivity contribution in [3.63, 3.8) is 0 Å². The summed E-state index contributed by atoms with van der Waals surface area (Å²) in [4.78, 5) is 1.80. The van der Waals surface area contributed by atoms with E-state index in [9.17, 15) is 4.39 Å². The predicted octanol–water partition coefficient (Wildman–Crippen LogP) is 3.01. The molecule has 1 aromatic carbocycles. The topological polar surface area (TPSA) is 29.3 Å². The van der Waals surface area contributed by atoms with Crippen molar-refractivity contribution in [1.82, 2.24) is 0 Å². The average molecular weight is 236 g/mol. The normalized spacial score (nSPS) is 19.1. The average Bonchev–Trinajstić information content (AvgIpc) is 2.30. The van der Waals surface area contributed by atoms with Gasteiger partial charge in [0.15, 0.2) is 0 Å². The van der Waals surface area contributed by atoms with E-state index in [4.69, 9.17) is 5.73 Å². The summed E-state index contributed by atoms with van der Waals surface area (Å²) in [6.45, 7) is 0. The summed E-state index contributed by atoms with van der Waals surface area (Å²) in [6.07, 6.45) is 5.62. The van der Waals surface area contributed by atoms with Gasteiger partial charge in [-0.3, -0.25) is 0 Å². The van der Waals surface area contributed by atoms with Gasteiger partial charge in [0, 0.05) is 19.6 Å². The monoisotopic (exact) mass is 236 g/mol. The Bertz CT molecular complexity index is 395.